The molecule has 110 valence electrons. The predicted octanol–water partition coefficient (Wildman–Crippen LogP) is -0.169. The Bertz CT molecular complexity index is 434. The normalized spacial score (nSPS) is 22.7. The molecule has 1 rings (SSSR count). The first-order valence-electron chi connectivity index (χ1n) is 6.29. The van der Waals surface area contributed by atoms with E-state index in [9.17, 15) is 18.0 Å². The van der Waals surface area contributed by atoms with Gasteiger partial charge in [-0.05, 0) is 18.8 Å². The molecule has 3 N–H and O–H groups in total. The molecule has 0 aromatic rings. The first-order chi connectivity index (χ1) is 8.84. The Labute approximate surface area is 112 Å². The van der Waals surface area contributed by atoms with Crippen LogP contribution in [0.3, 0.4) is 0 Å². The van der Waals surface area contributed by atoms with E-state index in [4.69, 9.17) is 5.11 Å². The van der Waals surface area contributed by atoms with E-state index in [1.807, 2.05) is 0 Å². The molecule has 2 unspecified atom stereocenters. The molecule has 1 saturated heterocycles. The van der Waals surface area contributed by atoms with E-state index in [0.29, 0.717) is 19.4 Å². The van der Waals surface area contributed by atoms with Crippen LogP contribution in [0.2, 0.25) is 0 Å². The number of aliphatic carboxylic acids is 1. The van der Waals surface area contributed by atoms with Crippen LogP contribution in [0.15, 0.2) is 0 Å². The number of hydrogen-bond donors (Lipinski definition) is 3. The van der Waals surface area contributed by atoms with Gasteiger partial charge in [-0.2, -0.15) is 0 Å². The second-order valence-electron chi connectivity index (χ2n) is 4.80. The lowest BCUT2D eigenvalue weighted by Crippen LogP contribution is -2.41. The van der Waals surface area contributed by atoms with Gasteiger partial charge in [-0.1, -0.05) is 6.92 Å². The Balaban J connectivity index is 2.23. The van der Waals surface area contributed by atoms with Crippen molar-refractivity contribution < 1.29 is 23.1 Å². The number of rotatable bonds is 6. The average molecular weight is 292 g/mol. The van der Waals surface area contributed by atoms with Crippen LogP contribution >= 0.6 is 0 Å². The summed E-state index contributed by atoms with van der Waals surface area (Å²) in [5.41, 5.74) is 0. The van der Waals surface area contributed by atoms with Gasteiger partial charge in [0.1, 0.15) is 0 Å². The van der Waals surface area contributed by atoms with Gasteiger partial charge in [0.25, 0.3) is 0 Å². The van der Waals surface area contributed by atoms with Crippen molar-refractivity contribution >= 4 is 21.8 Å². The fraction of sp³-hybridized carbons (Fsp3) is 0.818. The quantitative estimate of drug-likeness (QED) is 0.629. The van der Waals surface area contributed by atoms with E-state index in [1.165, 1.54) is 0 Å². The molecule has 7 nitrogen and oxygen atoms in total. The first kappa shape index (κ1) is 15.7. The average Bonchev–Trinajstić information content (AvgIpc) is 2.67. The maximum absolute atomic E-state index is 11.4. The van der Waals surface area contributed by atoms with Crippen LogP contribution in [0.4, 0.5) is 4.79 Å². The molecule has 0 radical (unpaired) electrons. The lowest BCUT2D eigenvalue weighted by atomic mass is 10.1. The van der Waals surface area contributed by atoms with Crippen molar-refractivity contribution in [3.63, 3.8) is 0 Å². The van der Waals surface area contributed by atoms with Crippen molar-refractivity contribution in [1.29, 1.82) is 0 Å². The molecule has 0 aromatic heterocycles. The summed E-state index contributed by atoms with van der Waals surface area (Å²) in [6, 6.07) is -0.455. The molecule has 0 aromatic carbocycles. The Hall–Kier alpha value is -1.31. The number of sulfone groups is 1. The maximum Gasteiger partial charge on any atom is 0.314 e. The third kappa shape index (κ3) is 5.46. The zero-order valence-corrected chi connectivity index (χ0v) is 11.7. The van der Waals surface area contributed by atoms with Crippen LogP contribution < -0.4 is 10.6 Å². The highest BCUT2D eigenvalue weighted by atomic mass is 32.2. The Kier molecular flexibility index (Phi) is 5.59. The molecule has 0 saturated carbocycles. The number of carboxylic acid groups (broad SMARTS) is 1. The third-order valence-corrected chi connectivity index (χ3v) is 5.07. The molecule has 1 fully saturated rings. The third-order valence-electron chi connectivity index (χ3n) is 3.23. The lowest BCUT2D eigenvalue weighted by Gasteiger charge is -2.13. The van der Waals surface area contributed by atoms with Crippen molar-refractivity contribution in [2.45, 2.75) is 19.8 Å². The van der Waals surface area contributed by atoms with Gasteiger partial charge in [0.15, 0.2) is 9.84 Å². The molecule has 0 aliphatic carbocycles. The topological polar surface area (TPSA) is 113 Å². The number of carbonyl (C=O) groups excluding carboxylic acids is 1. The molecular weight excluding hydrogens is 272 g/mol. The zero-order chi connectivity index (χ0) is 14.5. The minimum atomic E-state index is -2.93. The van der Waals surface area contributed by atoms with E-state index < -0.39 is 27.8 Å². The summed E-state index contributed by atoms with van der Waals surface area (Å²) < 4.78 is 22.4. The van der Waals surface area contributed by atoms with Crippen LogP contribution in [0.25, 0.3) is 0 Å². The van der Waals surface area contributed by atoms with Crippen molar-refractivity contribution in [3.05, 3.63) is 0 Å². The number of urea groups is 1. The smallest absolute Gasteiger partial charge is 0.314 e. The van der Waals surface area contributed by atoms with Crippen LogP contribution in [0, 0.1) is 11.8 Å². The zero-order valence-electron chi connectivity index (χ0n) is 10.9. The van der Waals surface area contributed by atoms with Crippen molar-refractivity contribution in [1.82, 2.24) is 10.6 Å². The van der Waals surface area contributed by atoms with Gasteiger partial charge in [-0.3, -0.25) is 4.79 Å². The molecular formula is C11H20N2O5S. The highest BCUT2D eigenvalue weighted by molar-refractivity contribution is 7.91. The van der Waals surface area contributed by atoms with E-state index in [1.54, 1.807) is 6.92 Å². The second kappa shape index (κ2) is 6.74. The monoisotopic (exact) mass is 292 g/mol. The summed E-state index contributed by atoms with van der Waals surface area (Å²) in [5, 5.41) is 13.9. The molecule has 1 aliphatic heterocycles. The van der Waals surface area contributed by atoms with Crippen molar-refractivity contribution in [3.8, 4) is 0 Å². The van der Waals surface area contributed by atoms with Gasteiger partial charge in [0.2, 0.25) is 0 Å². The van der Waals surface area contributed by atoms with Crippen LogP contribution in [-0.2, 0) is 14.6 Å². The maximum atomic E-state index is 11.4. The summed E-state index contributed by atoms with van der Waals surface area (Å²) in [6.45, 7) is 2.11. The Morgan fingerprint density at radius 1 is 1.37 bits per heavy atom. The first-order valence-corrected chi connectivity index (χ1v) is 8.11. The van der Waals surface area contributed by atoms with Crippen molar-refractivity contribution in [2.75, 3.05) is 24.6 Å². The molecule has 0 bridgehead atoms. The summed E-state index contributed by atoms with van der Waals surface area (Å²) in [4.78, 5) is 22.2. The fourth-order valence-corrected chi connectivity index (χ4v) is 3.82. The predicted molar refractivity (Wildman–Crippen MR) is 69.6 cm³/mol. The Morgan fingerprint density at radius 3 is 2.53 bits per heavy atom. The van der Waals surface area contributed by atoms with Crippen LogP contribution in [-0.4, -0.2) is 50.1 Å². The van der Waals surface area contributed by atoms with E-state index in [-0.39, 0.29) is 24.0 Å². The number of carboxylic acids is 1. The second-order valence-corrected chi connectivity index (χ2v) is 7.03. The summed E-state index contributed by atoms with van der Waals surface area (Å²) in [7, 11) is -2.93. The largest absolute Gasteiger partial charge is 0.481 e. The van der Waals surface area contributed by atoms with Gasteiger partial charge >= 0.3 is 12.0 Å². The molecule has 19 heavy (non-hydrogen) atoms. The van der Waals surface area contributed by atoms with Crippen LogP contribution in [0.5, 0.6) is 0 Å². The Morgan fingerprint density at radius 2 is 2.05 bits per heavy atom. The summed E-state index contributed by atoms with van der Waals surface area (Å²) in [5.74, 6) is -1.29. The number of carbonyl (C=O) groups is 2. The molecule has 2 atom stereocenters. The number of amides is 2. The van der Waals surface area contributed by atoms with Crippen LogP contribution in [0.1, 0.15) is 19.8 Å². The molecule has 2 amide bonds. The van der Waals surface area contributed by atoms with Gasteiger partial charge in [0, 0.05) is 13.1 Å². The van der Waals surface area contributed by atoms with E-state index >= 15 is 0 Å². The molecule has 8 heteroatoms. The molecule has 1 aliphatic rings. The fourth-order valence-electron chi connectivity index (χ4n) is 1.95. The van der Waals surface area contributed by atoms with Gasteiger partial charge in [0.05, 0.1) is 17.4 Å². The summed E-state index contributed by atoms with van der Waals surface area (Å²) in [6.07, 6.45) is 1.01. The summed E-state index contributed by atoms with van der Waals surface area (Å²) >= 11 is 0. The standard InChI is InChI=1S/C11H20N2O5S/c1-2-9(10(14)15)6-13-11(16)12-5-8-3-4-19(17,18)7-8/h8-9H,2-7H2,1H3,(H,14,15)(H2,12,13,16). The number of hydrogen-bond acceptors (Lipinski definition) is 4. The van der Waals surface area contributed by atoms with E-state index in [2.05, 4.69) is 10.6 Å². The van der Waals surface area contributed by atoms with Gasteiger partial charge < -0.3 is 15.7 Å². The minimum absolute atomic E-state index is 0.0443. The van der Waals surface area contributed by atoms with Crippen molar-refractivity contribution in [2.24, 2.45) is 11.8 Å². The van der Waals surface area contributed by atoms with Gasteiger partial charge in [-0.15, -0.1) is 0 Å². The van der Waals surface area contributed by atoms with Gasteiger partial charge in [-0.25, -0.2) is 13.2 Å². The highest BCUT2D eigenvalue weighted by Gasteiger charge is 2.27. The molecule has 0 spiro atoms. The molecule has 1 heterocycles. The lowest BCUT2D eigenvalue weighted by molar-refractivity contribution is -0.141. The SMILES string of the molecule is CCC(CNC(=O)NCC1CCS(=O)(=O)C1)C(=O)O. The minimum Gasteiger partial charge on any atom is -0.481 e. The highest BCUT2D eigenvalue weighted by Crippen LogP contribution is 2.17. The number of nitrogens with one attached hydrogen (secondary N) is 2. The van der Waals surface area contributed by atoms with E-state index in [0.717, 1.165) is 0 Å².